The lowest BCUT2D eigenvalue weighted by Gasteiger charge is -2.27. The molecule has 1 aliphatic carbocycles. The number of ether oxygens (including phenoxy) is 1. The second-order valence-electron chi connectivity index (χ2n) is 7.96. The van der Waals surface area contributed by atoms with Crippen LogP contribution in [0.5, 0.6) is 5.75 Å². The molecule has 1 fully saturated rings. The van der Waals surface area contributed by atoms with Gasteiger partial charge in [-0.15, -0.1) is 10.2 Å². The smallest absolute Gasteiger partial charge is 0.404 e. The minimum atomic E-state index is -0.947. The summed E-state index contributed by atoms with van der Waals surface area (Å²) in [5.41, 5.74) is 1.25. The number of hydrogen-bond donors (Lipinski definition) is 2. The zero-order valence-electron chi connectivity index (χ0n) is 17.1. The molecule has 1 saturated carbocycles. The highest BCUT2D eigenvalue weighted by Crippen LogP contribution is 2.33. The van der Waals surface area contributed by atoms with Gasteiger partial charge in [0, 0.05) is 19.0 Å². The number of rotatable bonds is 6. The summed E-state index contributed by atoms with van der Waals surface area (Å²) in [6, 6.07) is 8.21. The van der Waals surface area contributed by atoms with Gasteiger partial charge in [-0.1, -0.05) is 26.0 Å². The van der Waals surface area contributed by atoms with Crippen LogP contribution in [-0.2, 0) is 7.05 Å². The molecule has 1 aromatic carbocycles. The van der Waals surface area contributed by atoms with Gasteiger partial charge in [-0.25, -0.2) is 4.79 Å². The number of benzene rings is 1. The van der Waals surface area contributed by atoms with Gasteiger partial charge in [-0.2, -0.15) is 0 Å². The van der Waals surface area contributed by atoms with Gasteiger partial charge in [0.05, 0.1) is 0 Å². The maximum absolute atomic E-state index is 10.8. The van der Waals surface area contributed by atoms with E-state index in [0.717, 1.165) is 43.1 Å². The minimum Gasteiger partial charge on any atom is -0.483 e. The zero-order valence-corrected chi connectivity index (χ0v) is 17.1. The Balaban J connectivity index is 1.66. The molecule has 152 valence electrons. The Bertz CT molecular complexity index is 810. The highest BCUT2D eigenvalue weighted by molar-refractivity contribution is 5.64. The average molecular weight is 386 g/mol. The van der Waals surface area contributed by atoms with Crippen LogP contribution in [0.3, 0.4) is 0 Å². The maximum Gasteiger partial charge on any atom is 0.404 e. The van der Waals surface area contributed by atoms with Gasteiger partial charge in [0.2, 0.25) is 0 Å². The normalized spacial score (nSPS) is 20.8. The Morgan fingerprint density at radius 3 is 2.57 bits per heavy atom. The maximum atomic E-state index is 10.8. The summed E-state index contributed by atoms with van der Waals surface area (Å²) < 4.78 is 8.17. The largest absolute Gasteiger partial charge is 0.483 e. The molecule has 28 heavy (non-hydrogen) atoms. The third-order valence-electron chi connectivity index (χ3n) is 5.56. The lowest BCUT2D eigenvalue weighted by molar-refractivity contribution is 0.184. The van der Waals surface area contributed by atoms with Crippen LogP contribution in [-0.4, -0.2) is 32.0 Å². The fraction of sp³-hybridized carbons (Fsp3) is 0.571. The van der Waals surface area contributed by atoms with Crippen LogP contribution in [0.4, 0.5) is 4.79 Å². The van der Waals surface area contributed by atoms with E-state index in [4.69, 9.17) is 9.84 Å². The van der Waals surface area contributed by atoms with Crippen LogP contribution < -0.4 is 10.1 Å². The van der Waals surface area contributed by atoms with Crippen molar-refractivity contribution in [1.29, 1.82) is 0 Å². The minimum absolute atomic E-state index is 0.0388. The molecular formula is C21H30N4O3. The molecule has 3 rings (SSSR count). The highest BCUT2D eigenvalue weighted by Gasteiger charge is 2.28. The van der Waals surface area contributed by atoms with E-state index in [-0.39, 0.29) is 12.1 Å². The van der Waals surface area contributed by atoms with E-state index in [9.17, 15) is 4.79 Å². The molecular weight excluding hydrogens is 356 g/mol. The van der Waals surface area contributed by atoms with Crippen molar-refractivity contribution in [2.24, 2.45) is 7.05 Å². The topological polar surface area (TPSA) is 89.3 Å². The summed E-state index contributed by atoms with van der Waals surface area (Å²) in [7, 11) is 1.98. The van der Waals surface area contributed by atoms with Gasteiger partial charge in [0.1, 0.15) is 11.6 Å². The van der Waals surface area contributed by atoms with Crippen LogP contribution in [0.25, 0.3) is 0 Å². The molecule has 2 aromatic rings. The van der Waals surface area contributed by atoms with Crippen molar-refractivity contribution in [3.8, 4) is 5.75 Å². The number of carbonyl (C=O) groups is 1. The van der Waals surface area contributed by atoms with E-state index in [0.29, 0.717) is 11.8 Å². The first kappa shape index (κ1) is 20.2. The van der Waals surface area contributed by atoms with Gasteiger partial charge in [0.25, 0.3) is 0 Å². The first-order valence-corrected chi connectivity index (χ1v) is 10.0. The van der Waals surface area contributed by atoms with Gasteiger partial charge >= 0.3 is 6.09 Å². The predicted octanol–water partition coefficient (Wildman–Crippen LogP) is 4.37. The van der Waals surface area contributed by atoms with E-state index < -0.39 is 6.09 Å². The average Bonchev–Trinajstić information content (AvgIpc) is 3.03. The summed E-state index contributed by atoms with van der Waals surface area (Å²) in [5, 5.41) is 20.3. The quantitative estimate of drug-likeness (QED) is 0.769. The van der Waals surface area contributed by atoms with Gasteiger partial charge in [-0.05, 0) is 56.2 Å². The molecule has 1 aliphatic rings. The molecule has 1 heterocycles. The number of aromatic nitrogens is 3. The SMILES string of the molecule is CC(C)c1cccc(O[C@H](C)c2nnc([C@H]3CC[C@H](NC(=O)O)CC3)n2C)c1. The Hall–Kier alpha value is -2.57. The number of carboxylic acid groups (broad SMARTS) is 1. The van der Waals surface area contributed by atoms with Crippen molar-refractivity contribution < 1.29 is 14.6 Å². The van der Waals surface area contributed by atoms with E-state index in [1.165, 1.54) is 5.56 Å². The summed E-state index contributed by atoms with van der Waals surface area (Å²) in [6.07, 6.45) is 2.31. The summed E-state index contributed by atoms with van der Waals surface area (Å²) >= 11 is 0. The summed E-state index contributed by atoms with van der Waals surface area (Å²) in [5.74, 6) is 3.34. The second-order valence-corrected chi connectivity index (χ2v) is 7.96. The standard InChI is InChI=1S/C21H30N4O3/c1-13(2)16-6-5-7-18(12-16)28-14(3)19-23-24-20(25(19)4)15-8-10-17(11-9-15)22-21(26)27/h5-7,12-15,17,22H,8-11H2,1-4H3,(H,26,27)/t14-,15-,17-/m1/s1. The molecule has 0 aliphatic heterocycles. The van der Waals surface area contributed by atoms with Crippen molar-refractivity contribution in [2.45, 2.75) is 70.4 Å². The van der Waals surface area contributed by atoms with Crippen molar-refractivity contribution in [1.82, 2.24) is 20.1 Å². The molecule has 7 heteroatoms. The van der Waals surface area contributed by atoms with E-state index in [1.807, 2.05) is 30.7 Å². The van der Waals surface area contributed by atoms with Crippen LogP contribution >= 0.6 is 0 Å². The molecule has 0 unspecified atom stereocenters. The van der Waals surface area contributed by atoms with Crippen LogP contribution in [0, 0.1) is 0 Å². The Kier molecular flexibility index (Phi) is 6.21. The Morgan fingerprint density at radius 2 is 1.93 bits per heavy atom. The number of nitrogens with zero attached hydrogens (tertiary/aromatic N) is 3. The molecule has 0 saturated heterocycles. The number of amides is 1. The van der Waals surface area contributed by atoms with Crippen molar-refractivity contribution in [3.63, 3.8) is 0 Å². The van der Waals surface area contributed by atoms with Crippen molar-refractivity contribution >= 4 is 6.09 Å². The fourth-order valence-corrected chi connectivity index (χ4v) is 3.94. The lowest BCUT2D eigenvalue weighted by atomic mass is 9.85. The molecule has 0 spiro atoms. The molecule has 1 atom stereocenters. The second kappa shape index (κ2) is 8.63. The third kappa shape index (κ3) is 4.64. The molecule has 0 bridgehead atoms. The van der Waals surface area contributed by atoms with Gasteiger partial charge in [0.15, 0.2) is 11.9 Å². The van der Waals surface area contributed by atoms with Crippen molar-refractivity contribution in [3.05, 3.63) is 41.5 Å². The highest BCUT2D eigenvalue weighted by atomic mass is 16.5. The van der Waals surface area contributed by atoms with Crippen molar-refractivity contribution in [2.75, 3.05) is 0 Å². The molecule has 0 radical (unpaired) electrons. The van der Waals surface area contributed by atoms with Crippen LogP contribution in [0.15, 0.2) is 24.3 Å². The van der Waals surface area contributed by atoms with Gasteiger partial charge in [-0.3, -0.25) is 0 Å². The molecule has 1 aromatic heterocycles. The first-order valence-electron chi connectivity index (χ1n) is 10.0. The predicted molar refractivity (Wildman–Crippen MR) is 107 cm³/mol. The molecule has 2 N–H and O–H groups in total. The first-order chi connectivity index (χ1) is 13.3. The molecule has 7 nitrogen and oxygen atoms in total. The van der Waals surface area contributed by atoms with Gasteiger partial charge < -0.3 is 19.7 Å². The van der Waals surface area contributed by atoms with Crippen LogP contribution in [0.2, 0.25) is 0 Å². The number of hydrogen-bond acceptors (Lipinski definition) is 4. The monoisotopic (exact) mass is 386 g/mol. The Morgan fingerprint density at radius 1 is 1.21 bits per heavy atom. The fourth-order valence-electron chi connectivity index (χ4n) is 3.94. The van der Waals surface area contributed by atoms with E-state index in [2.05, 4.69) is 41.5 Å². The molecule has 1 amide bonds. The summed E-state index contributed by atoms with van der Waals surface area (Å²) in [6.45, 7) is 6.32. The lowest BCUT2D eigenvalue weighted by Crippen LogP contribution is -2.36. The Labute approximate surface area is 166 Å². The third-order valence-corrected chi connectivity index (χ3v) is 5.56. The van der Waals surface area contributed by atoms with Crippen LogP contribution in [0.1, 0.15) is 81.6 Å². The number of nitrogens with one attached hydrogen (secondary N) is 1. The van der Waals surface area contributed by atoms with E-state index in [1.54, 1.807) is 0 Å². The summed E-state index contributed by atoms with van der Waals surface area (Å²) in [4.78, 5) is 10.8. The van der Waals surface area contributed by atoms with E-state index >= 15 is 0 Å². The zero-order chi connectivity index (χ0) is 20.3.